The second kappa shape index (κ2) is 7.49. The third-order valence-electron chi connectivity index (χ3n) is 2.32. The van der Waals surface area contributed by atoms with Crippen LogP contribution in [0.3, 0.4) is 0 Å². The second-order valence-corrected chi connectivity index (χ2v) is 5.01. The Bertz CT molecular complexity index is 484. The number of hydrogen-bond acceptors (Lipinski definition) is 4. The van der Waals surface area contributed by atoms with Gasteiger partial charge < -0.3 is 15.4 Å². The summed E-state index contributed by atoms with van der Waals surface area (Å²) in [5.74, 6) is 0.855. The summed E-state index contributed by atoms with van der Waals surface area (Å²) in [5.41, 5.74) is 9.04. The first-order valence-corrected chi connectivity index (χ1v) is 6.41. The van der Waals surface area contributed by atoms with Crippen LogP contribution in [0.25, 0.3) is 0 Å². The number of nitrogens with zero attached hydrogens (tertiary/aromatic N) is 2. The second-order valence-electron chi connectivity index (χ2n) is 5.01. The molecular formula is C14H22N4O2. The molecule has 2 amide bonds. The van der Waals surface area contributed by atoms with E-state index in [0.29, 0.717) is 0 Å². The van der Waals surface area contributed by atoms with Gasteiger partial charge in [0.2, 0.25) is 0 Å². The number of benzene rings is 1. The Hall–Kier alpha value is -2.08. The molecule has 0 saturated carbocycles. The topological polar surface area (TPSA) is 80.0 Å². The molecule has 110 valence electrons. The van der Waals surface area contributed by atoms with Gasteiger partial charge in [0, 0.05) is 12.1 Å². The molecule has 0 atom stereocenters. The number of rotatable bonds is 6. The molecule has 1 aromatic carbocycles. The maximum atomic E-state index is 10.5. The van der Waals surface area contributed by atoms with Gasteiger partial charge in [-0.25, -0.2) is 10.2 Å². The number of primary amides is 1. The lowest BCUT2D eigenvalue weighted by Crippen LogP contribution is -2.24. The molecule has 0 aliphatic heterocycles. The predicted molar refractivity (Wildman–Crippen MR) is 79.9 cm³/mol. The SMILES string of the molecule is CC(C)Oc1ccc(C=NNC(N)=O)cc1CN(C)C. The number of nitrogens with one attached hydrogen (secondary N) is 1. The van der Waals surface area contributed by atoms with Gasteiger partial charge in [-0.1, -0.05) is 0 Å². The van der Waals surface area contributed by atoms with Crippen molar-refractivity contribution < 1.29 is 9.53 Å². The van der Waals surface area contributed by atoms with Crippen LogP contribution in [0.2, 0.25) is 0 Å². The fourth-order valence-electron chi connectivity index (χ4n) is 1.68. The fourth-order valence-corrected chi connectivity index (χ4v) is 1.68. The molecule has 0 aliphatic rings. The molecule has 1 aromatic rings. The van der Waals surface area contributed by atoms with Crippen molar-refractivity contribution in [3.05, 3.63) is 29.3 Å². The van der Waals surface area contributed by atoms with Gasteiger partial charge in [0.25, 0.3) is 0 Å². The van der Waals surface area contributed by atoms with Crippen LogP contribution in [-0.2, 0) is 6.54 Å². The molecular weight excluding hydrogens is 256 g/mol. The largest absolute Gasteiger partial charge is 0.491 e. The summed E-state index contributed by atoms with van der Waals surface area (Å²) in [6, 6.07) is 5.08. The van der Waals surface area contributed by atoms with Crippen LogP contribution >= 0.6 is 0 Å². The zero-order valence-corrected chi connectivity index (χ0v) is 12.4. The Kier molecular flexibility index (Phi) is 5.99. The Morgan fingerprint density at radius 2 is 2.20 bits per heavy atom. The van der Waals surface area contributed by atoms with Crippen LogP contribution in [0.1, 0.15) is 25.0 Å². The number of carbonyl (C=O) groups excluding carboxylic acids is 1. The molecule has 6 heteroatoms. The number of hydrogen-bond donors (Lipinski definition) is 2. The smallest absolute Gasteiger partial charge is 0.332 e. The lowest BCUT2D eigenvalue weighted by atomic mass is 10.1. The fraction of sp³-hybridized carbons (Fsp3) is 0.429. The molecule has 3 N–H and O–H groups in total. The van der Waals surface area contributed by atoms with E-state index < -0.39 is 6.03 Å². The highest BCUT2D eigenvalue weighted by molar-refractivity contribution is 5.82. The van der Waals surface area contributed by atoms with E-state index in [1.807, 2.05) is 46.1 Å². The minimum absolute atomic E-state index is 0.118. The highest BCUT2D eigenvalue weighted by Gasteiger charge is 2.07. The van der Waals surface area contributed by atoms with Crippen LogP contribution in [0.15, 0.2) is 23.3 Å². The van der Waals surface area contributed by atoms with Crippen molar-refractivity contribution in [3.63, 3.8) is 0 Å². The molecule has 0 fully saturated rings. The molecule has 6 nitrogen and oxygen atoms in total. The average Bonchev–Trinajstić information content (AvgIpc) is 2.30. The third kappa shape index (κ3) is 5.71. The van der Waals surface area contributed by atoms with E-state index in [-0.39, 0.29) is 6.10 Å². The number of amides is 2. The minimum Gasteiger partial charge on any atom is -0.491 e. The Morgan fingerprint density at radius 1 is 1.50 bits per heavy atom. The number of ether oxygens (including phenoxy) is 1. The summed E-state index contributed by atoms with van der Waals surface area (Å²) in [6.45, 7) is 4.74. The van der Waals surface area contributed by atoms with Crippen molar-refractivity contribution >= 4 is 12.2 Å². The first-order valence-electron chi connectivity index (χ1n) is 6.41. The molecule has 0 aromatic heterocycles. The van der Waals surface area contributed by atoms with Crippen LogP contribution in [0.4, 0.5) is 4.79 Å². The van der Waals surface area contributed by atoms with Crippen molar-refractivity contribution in [1.82, 2.24) is 10.3 Å². The number of urea groups is 1. The van der Waals surface area contributed by atoms with Crippen molar-refractivity contribution in [2.24, 2.45) is 10.8 Å². The zero-order valence-electron chi connectivity index (χ0n) is 12.4. The highest BCUT2D eigenvalue weighted by Crippen LogP contribution is 2.22. The van der Waals surface area contributed by atoms with E-state index in [1.54, 1.807) is 6.21 Å². The van der Waals surface area contributed by atoms with Gasteiger partial charge in [-0.15, -0.1) is 0 Å². The standard InChI is InChI=1S/C14H22N4O2/c1-10(2)20-13-6-5-11(8-16-17-14(15)19)7-12(13)9-18(3)4/h5-8,10H,9H2,1-4H3,(H3,15,17,19). The zero-order chi connectivity index (χ0) is 15.1. The maximum Gasteiger partial charge on any atom is 0.332 e. The lowest BCUT2D eigenvalue weighted by molar-refractivity contribution is 0.236. The van der Waals surface area contributed by atoms with E-state index in [1.165, 1.54) is 0 Å². The van der Waals surface area contributed by atoms with Crippen molar-refractivity contribution in [1.29, 1.82) is 0 Å². The van der Waals surface area contributed by atoms with Gasteiger partial charge in [0.15, 0.2) is 0 Å². The molecule has 0 saturated heterocycles. The monoisotopic (exact) mass is 278 g/mol. The Morgan fingerprint density at radius 3 is 2.75 bits per heavy atom. The minimum atomic E-state index is -0.686. The predicted octanol–water partition coefficient (Wildman–Crippen LogP) is 1.54. The Balaban J connectivity index is 2.94. The number of nitrogens with two attached hydrogens (primary N) is 1. The van der Waals surface area contributed by atoms with E-state index >= 15 is 0 Å². The normalized spacial score (nSPS) is 11.3. The lowest BCUT2D eigenvalue weighted by Gasteiger charge is -2.17. The molecule has 0 unspecified atom stereocenters. The molecule has 1 rings (SSSR count). The molecule has 0 heterocycles. The third-order valence-corrected chi connectivity index (χ3v) is 2.32. The van der Waals surface area contributed by atoms with Crippen molar-refractivity contribution in [2.45, 2.75) is 26.5 Å². The summed E-state index contributed by atoms with van der Waals surface area (Å²) in [4.78, 5) is 12.6. The molecule has 0 radical (unpaired) electrons. The van der Waals surface area contributed by atoms with Crippen LogP contribution in [-0.4, -0.2) is 37.3 Å². The highest BCUT2D eigenvalue weighted by atomic mass is 16.5. The van der Waals surface area contributed by atoms with E-state index in [0.717, 1.165) is 23.4 Å². The van der Waals surface area contributed by atoms with Gasteiger partial charge in [-0.3, -0.25) is 0 Å². The number of hydrazone groups is 1. The molecule has 20 heavy (non-hydrogen) atoms. The maximum absolute atomic E-state index is 10.5. The number of carbonyl (C=O) groups is 1. The first-order chi connectivity index (χ1) is 9.38. The molecule has 0 aliphatic carbocycles. The van der Waals surface area contributed by atoms with Crippen LogP contribution in [0, 0.1) is 0 Å². The van der Waals surface area contributed by atoms with E-state index in [2.05, 4.69) is 15.4 Å². The van der Waals surface area contributed by atoms with Gasteiger partial charge in [-0.2, -0.15) is 5.10 Å². The summed E-state index contributed by atoms with van der Waals surface area (Å²) in [7, 11) is 3.99. The average molecular weight is 278 g/mol. The Labute approximate surface area is 119 Å². The van der Waals surface area contributed by atoms with Crippen LogP contribution in [0.5, 0.6) is 5.75 Å². The summed E-state index contributed by atoms with van der Waals surface area (Å²) >= 11 is 0. The van der Waals surface area contributed by atoms with Gasteiger partial charge >= 0.3 is 6.03 Å². The van der Waals surface area contributed by atoms with Gasteiger partial charge in [0.05, 0.1) is 12.3 Å². The van der Waals surface area contributed by atoms with Crippen molar-refractivity contribution in [3.8, 4) is 5.75 Å². The van der Waals surface area contributed by atoms with E-state index in [9.17, 15) is 4.79 Å². The van der Waals surface area contributed by atoms with E-state index in [4.69, 9.17) is 10.5 Å². The molecule has 0 spiro atoms. The van der Waals surface area contributed by atoms with Crippen LogP contribution < -0.4 is 15.9 Å². The van der Waals surface area contributed by atoms with Gasteiger partial charge in [0.1, 0.15) is 5.75 Å². The summed E-state index contributed by atoms with van der Waals surface area (Å²) < 4.78 is 5.78. The first kappa shape index (κ1) is 16.0. The van der Waals surface area contributed by atoms with Gasteiger partial charge in [-0.05, 0) is 51.7 Å². The summed E-state index contributed by atoms with van der Waals surface area (Å²) in [5, 5.41) is 3.75. The van der Waals surface area contributed by atoms with Crippen molar-refractivity contribution in [2.75, 3.05) is 14.1 Å². The summed E-state index contributed by atoms with van der Waals surface area (Å²) in [6.07, 6.45) is 1.66. The quantitative estimate of drug-likeness (QED) is 0.612. The molecule has 0 bridgehead atoms.